The summed E-state index contributed by atoms with van der Waals surface area (Å²) in [6.07, 6.45) is 9.87. The molecule has 102 valence electrons. The zero-order valence-electron chi connectivity index (χ0n) is 11.2. The molecule has 1 aliphatic rings. The second kappa shape index (κ2) is 7.19. The van der Waals surface area contributed by atoms with Gasteiger partial charge in [-0.15, -0.1) is 0 Å². The van der Waals surface area contributed by atoms with Gasteiger partial charge in [0.1, 0.15) is 0 Å². The summed E-state index contributed by atoms with van der Waals surface area (Å²) in [7, 11) is 0. The highest BCUT2D eigenvalue weighted by molar-refractivity contribution is 7.80. The van der Waals surface area contributed by atoms with Gasteiger partial charge in [0.15, 0.2) is 5.11 Å². The topological polar surface area (TPSA) is 49.3 Å². The minimum Gasteiger partial charge on any atom is -0.359 e. The smallest absolute Gasteiger partial charge is 0.187 e. The molecule has 0 spiro atoms. The summed E-state index contributed by atoms with van der Waals surface area (Å²) < 4.78 is 0. The second-order valence-corrected chi connectivity index (χ2v) is 5.27. The average molecular weight is 276 g/mol. The van der Waals surface area contributed by atoms with Gasteiger partial charge in [-0.05, 0) is 38.0 Å². The van der Waals surface area contributed by atoms with E-state index in [0.717, 1.165) is 11.3 Å². The van der Waals surface area contributed by atoms with Crippen LogP contribution >= 0.6 is 12.2 Å². The van der Waals surface area contributed by atoms with Crippen molar-refractivity contribution in [2.75, 3.05) is 0 Å². The van der Waals surface area contributed by atoms with Crippen LogP contribution in [0.15, 0.2) is 29.6 Å². The van der Waals surface area contributed by atoms with Crippen LogP contribution < -0.4 is 10.7 Å². The summed E-state index contributed by atoms with van der Waals surface area (Å²) in [6, 6.07) is 4.38. The predicted molar refractivity (Wildman–Crippen MR) is 82.2 cm³/mol. The third kappa shape index (κ3) is 4.59. The van der Waals surface area contributed by atoms with Gasteiger partial charge >= 0.3 is 0 Å². The van der Waals surface area contributed by atoms with Crippen molar-refractivity contribution in [3.63, 3.8) is 0 Å². The van der Waals surface area contributed by atoms with Crippen molar-refractivity contribution in [1.29, 1.82) is 0 Å². The molecule has 1 aromatic heterocycles. The lowest BCUT2D eigenvalue weighted by atomic mass is 9.96. The summed E-state index contributed by atoms with van der Waals surface area (Å²) in [6.45, 7) is 1.94. The Kier molecular flexibility index (Phi) is 5.27. The van der Waals surface area contributed by atoms with Gasteiger partial charge in [-0.2, -0.15) is 5.10 Å². The maximum atomic E-state index is 5.26. The largest absolute Gasteiger partial charge is 0.359 e. The normalized spacial score (nSPS) is 17.0. The summed E-state index contributed by atoms with van der Waals surface area (Å²) >= 11 is 5.26. The first-order valence-corrected chi connectivity index (χ1v) is 7.18. The Balaban J connectivity index is 1.82. The Labute approximate surface area is 119 Å². The van der Waals surface area contributed by atoms with Crippen molar-refractivity contribution >= 4 is 23.0 Å². The third-order valence-corrected chi connectivity index (χ3v) is 3.55. The van der Waals surface area contributed by atoms with Crippen LogP contribution in [0, 0.1) is 0 Å². The fourth-order valence-electron chi connectivity index (χ4n) is 2.24. The van der Waals surface area contributed by atoms with Crippen molar-refractivity contribution in [3.8, 4) is 0 Å². The Morgan fingerprint density at radius 2 is 2.16 bits per heavy atom. The van der Waals surface area contributed by atoms with Crippen LogP contribution in [-0.2, 0) is 0 Å². The lowest BCUT2D eigenvalue weighted by Gasteiger charge is -2.23. The molecular formula is C14H20N4S. The molecule has 1 saturated carbocycles. The van der Waals surface area contributed by atoms with Crippen LogP contribution in [0.4, 0.5) is 0 Å². The maximum Gasteiger partial charge on any atom is 0.187 e. The van der Waals surface area contributed by atoms with E-state index < -0.39 is 0 Å². The van der Waals surface area contributed by atoms with Crippen LogP contribution in [0.25, 0.3) is 0 Å². The molecule has 5 heteroatoms. The van der Waals surface area contributed by atoms with Crippen molar-refractivity contribution in [2.45, 2.75) is 45.1 Å². The number of nitrogens with zero attached hydrogens (tertiary/aromatic N) is 2. The van der Waals surface area contributed by atoms with E-state index in [2.05, 4.69) is 20.8 Å². The molecule has 1 fully saturated rings. The highest BCUT2D eigenvalue weighted by Crippen LogP contribution is 2.17. The molecule has 2 N–H and O–H groups in total. The fraction of sp³-hybridized carbons (Fsp3) is 0.500. The van der Waals surface area contributed by atoms with Gasteiger partial charge in [0.2, 0.25) is 0 Å². The van der Waals surface area contributed by atoms with Gasteiger partial charge in [0.05, 0.1) is 5.71 Å². The van der Waals surface area contributed by atoms with E-state index in [-0.39, 0.29) is 0 Å². The van der Waals surface area contributed by atoms with Gasteiger partial charge in [-0.3, -0.25) is 10.4 Å². The maximum absolute atomic E-state index is 5.26. The van der Waals surface area contributed by atoms with Gasteiger partial charge < -0.3 is 5.32 Å². The predicted octanol–water partition coefficient (Wildman–Crippen LogP) is 2.60. The van der Waals surface area contributed by atoms with Gasteiger partial charge in [0, 0.05) is 24.0 Å². The van der Waals surface area contributed by atoms with Gasteiger partial charge in [-0.1, -0.05) is 25.3 Å². The van der Waals surface area contributed by atoms with E-state index in [0.29, 0.717) is 11.2 Å². The molecule has 2 rings (SSSR count). The molecule has 1 aromatic rings. The zero-order chi connectivity index (χ0) is 13.5. The molecule has 0 atom stereocenters. The summed E-state index contributed by atoms with van der Waals surface area (Å²) in [5, 5.41) is 8.21. The third-order valence-electron chi connectivity index (χ3n) is 3.34. The molecule has 0 aliphatic heterocycles. The van der Waals surface area contributed by atoms with Crippen LogP contribution in [0.2, 0.25) is 0 Å². The lowest BCUT2D eigenvalue weighted by molar-refractivity contribution is 0.412. The molecule has 1 heterocycles. The Bertz CT molecular complexity index is 438. The summed E-state index contributed by atoms with van der Waals surface area (Å²) in [5.41, 5.74) is 4.78. The standard InChI is InChI=1S/C14H20N4S/c1-11(12-6-5-9-15-10-12)17-18-14(19)16-13-7-3-2-4-8-13/h5-6,9-10,13H,2-4,7-8H2,1H3,(H2,16,18,19)/b17-11+. The van der Waals surface area contributed by atoms with Crippen molar-refractivity contribution in [3.05, 3.63) is 30.1 Å². The minimum absolute atomic E-state index is 0.502. The van der Waals surface area contributed by atoms with Crippen LogP contribution in [-0.4, -0.2) is 21.8 Å². The monoisotopic (exact) mass is 276 g/mol. The Hall–Kier alpha value is -1.49. The van der Waals surface area contributed by atoms with Gasteiger partial charge in [0.25, 0.3) is 0 Å². The van der Waals surface area contributed by atoms with E-state index in [1.807, 2.05) is 19.1 Å². The SMILES string of the molecule is C/C(=N\NC(=S)NC1CCCCC1)c1cccnc1. The number of hydrogen-bond acceptors (Lipinski definition) is 3. The molecule has 0 saturated heterocycles. The number of rotatable bonds is 3. The van der Waals surface area contributed by atoms with Crippen molar-refractivity contribution in [2.24, 2.45) is 5.10 Å². The quantitative estimate of drug-likeness (QED) is 0.506. The van der Waals surface area contributed by atoms with Crippen molar-refractivity contribution < 1.29 is 0 Å². The molecule has 1 aliphatic carbocycles. The van der Waals surface area contributed by atoms with E-state index in [1.54, 1.807) is 12.4 Å². The van der Waals surface area contributed by atoms with Crippen LogP contribution in [0.5, 0.6) is 0 Å². The molecule has 0 amide bonds. The number of aromatic nitrogens is 1. The summed E-state index contributed by atoms with van der Waals surface area (Å²) in [4.78, 5) is 4.07. The van der Waals surface area contributed by atoms with Gasteiger partial charge in [-0.25, -0.2) is 0 Å². The molecule has 0 bridgehead atoms. The second-order valence-electron chi connectivity index (χ2n) is 4.86. The molecular weight excluding hydrogens is 256 g/mol. The molecule has 0 aromatic carbocycles. The van der Waals surface area contributed by atoms with E-state index >= 15 is 0 Å². The number of hydrazone groups is 1. The van der Waals surface area contributed by atoms with Crippen molar-refractivity contribution in [1.82, 2.24) is 15.7 Å². The Morgan fingerprint density at radius 3 is 2.84 bits per heavy atom. The number of nitrogens with one attached hydrogen (secondary N) is 2. The average Bonchev–Trinajstić information content (AvgIpc) is 2.47. The zero-order valence-corrected chi connectivity index (χ0v) is 12.0. The van der Waals surface area contributed by atoms with Crippen LogP contribution in [0.1, 0.15) is 44.6 Å². The molecule has 19 heavy (non-hydrogen) atoms. The lowest BCUT2D eigenvalue weighted by Crippen LogP contribution is -2.41. The highest BCUT2D eigenvalue weighted by Gasteiger charge is 2.13. The van der Waals surface area contributed by atoms with E-state index in [4.69, 9.17) is 12.2 Å². The van der Waals surface area contributed by atoms with E-state index in [9.17, 15) is 0 Å². The number of thiocarbonyl (C=S) groups is 1. The molecule has 0 radical (unpaired) electrons. The Morgan fingerprint density at radius 1 is 1.37 bits per heavy atom. The first-order valence-electron chi connectivity index (χ1n) is 6.77. The fourth-order valence-corrected chi connectivity index (χ4v) is 2.45. The minimum atomic E-state index is 0.502. The van der Waals surface area contributed by atoms with Crippen LogP contribution in [0.3, 0.4) is 0 Å². The first-order chi connectivity index (χ1) is 9.25. The van der Waals surface area contributed by atoms with E-state index in [1.165, 1.54) is 32.1 Å². The molecule has 4 nitrogen and oxygen atoms in total. The molecule has 0 unspecified atom stereocenters. The first kappa shape index (κ1) is 13.9. The number of hydrogen-bond donors (Lipinski definition) is 2. The number of pyridine rings is 1. The highest BCUT2D eigenvalue weighted by atomic mass is 32.1. The summed E-state index contributed by atoms with van der Waals surface area (Å²) in [5.74, 6) is 0.